The Labute approximate surface area is 169 Å². The summed E-state index contributed by atoms with van der Waals surface area (Å²) in [6.45, 7) is 4.85. The predicted molar refractivity (Wildman–Crippen MR) is 108 cm³/mol. The Balaban J connectivity index is 1.56. The number of rotatable bonds is 7. The fourth-order valence-corrected chi connectivity index (χ4v) is 2.68. The van der Waals surface area contributed by atoms with Crippen molar-refractivity contribution in [1.29, 1.82) is 0 Å². The van der Waals surface area contributed by atoms with Gasteiger partial charge in [0.05, 0.1) is 12.3 Å². The van der Waals surface area contributed by atoms with Crippen LogP contribution in [0.15, 0.2) is 48.5 Å². The molecule has 1 heterocycles. The Morgan fingerprint density at radius 3 is 2.69 bits per heavy atom. The van der Waals surface area contributed by atoms with Crippen molar-refractivity contribution in [3.63, 3.8) is 0 Å². The number of ether oxygens (including phenoxy) is 4. The van der Waals surface area contributed by atoms with Gasteiger partial charge >= 0.3 is 5.97 Å². The molecule has 7 nitrogen and oxygen atoms in total. The molecule has 0 aliphatic carbocycles. The van der Waals surface area contributed by atoms with Crippen LogP contribution in [0.4, 0.5) is 5.69 Å². The maximum atomic E-state index is 12.3. The average molecular weight is 397 g/mol. The predicted octanol–water partition coefficient (Wildman–Crippen LogP) is 3.44. The van der Waals surface area contributed by atoms with E-state index in [0.29, 0.717) is 42.8 Å². The number of para-hydroxylation sites is 2. The molecule has 152 valence electrons. The number of anilines is 1. The third kappa shape index (κ3) is 5.51. The first-order valence-corrected chi connectivity index (χ1v) is 9.38. The zero-order chi connectivity index (χ0) is 20.6. The second-order valence-electron chi connectivity index (χ2n) is 6.23. The van der Waals surface area contributed by atoms with E-state index in [9.17, 15) is 9.59 Å². The van der Waals surface area contributed by atoms with Crippen molar-refractivity contribution in [2.75, 3.05) is 25.1 Å². The van der Waals surface area contributed by atoms with Crippen LogP contribution in [0, 0.1) is 0 Å². The van der Waals surface area contributed by atoms with Crippen LogP contribution in [0.5, 0.6) is 17.2 Å². The molecule has 1 atom stereocenters. The van der Waals surface area contributed by atoms with Crippen molar-refractivity contribution >= 4 is 23.6 Å². The van der Waals surface area contributed by atoms with Crippen molar-refractivity contribution in [3.05, 3.63) is 54.1 Å². The zero-order valence-corrected chi connectivity index (χ0v) is 16.3. The normalized spacial score (nSPS) is 13.6. The van der Waals surface area contributed by atoms with E-state index >= 15 is 0 Å². The van der Waals surface area contributed by atoms with Gasteiger partial charge in [-0.25, -0.2) is 4.79 Å². The summed E-state index contributed by atoms with van der Waals surface area (Å²) >= 11 is 0. The minimum Gasteiger partial charge on any atom is -0.492 e. The van der Waals surface area contributed by atoms with Crippen molar-refractivity contribution in [1.82, 2.24) is 0 Å². The highest BCUT2D eigenvalue weighted by Crippen LogP contribution is 2.31. The molecule has 7 heteroatoms. The molecule has 2 aromatic carbocycles. The third-order valence-electron chi connectivity index (χ3n) is 4.09. The van der Waals surface area contributed by atoms with Gasteiger partial charge in [-0.2, -0.15) is 0 Å². The van der Waals surface area contributed by atoms with Crippen LogP contribution in [0.2, 0.25) is 0 Å². The first-order valence-electron chi connectivity index (χ1n) is 9.38. The van der Waals surface area contributed by atoms with E-state index in [1.54, 1.807) is 42.5 Å². The lowest BCUT2D eigenvalue weighted by atomic mass is 10.2. The molecular formula is C22H23NO6. The number of nitrogens with one attached hydrogen (secondary N) is 1. The van der Waals surface area contributed by atoms with Crippen LogP contribution in [0.3, 0.4) is 0 Å². The molecule has 0 radical (unpaired) electrons. The Morgan fingerprint density at radius 1 is 1.14 bits per heavy atom. The van der Waals surface area contributed by atoms with E-state index in [4.69, 9.17) is 18.9 Å². The largest absolute Gasteiger partial charge is 0.492 e. The number of hydrogen-bond donors (Lipinski definition) is 1. The second-order valence-corrected chi connectivity index (χ2v) is 6.23. The molecule has 2 aromatic rings. The van der Waals surface area contributed by atoms with Crippen molar-refractivity contribution < 1.29 is 28.5 Å². The summed E-state index contributed by atoms with van der Waals surface area (Å²) in [4.78, 5) is 24.4. The average Bonchev–Trinajstić information content (AvgIpc) is 2.73. The summed E-state index contributed by atoms with van der Waals surface area (Å²) in [6, 6.07) is 12.4. The van der Waals surface area contributed by atoms with Crippen molar-refractivity contribution in [3.8, 4) is 17.2 Å². The number of benzene rings is 2. The number of hydrogen-bond acceptors (Lipinski definition) is 6. The summed E-state index contributed by atoms with van der Waals surface area (Å²) in [6.07, 6.45) is 1.89. The van der Waals surface area contributed by atoms with Gasteiger partial charge in [0.25, 0.3) is 5.91 Å². The first kappa shape index (κ1) is 20.3. The maximum Gasteiger partial charge on any atom is 0.331 e. The number of fused-ring (bicyclic) bond motifs is 1. The highest BCUT2D eigenvalue weighted by molar-refractivity contribution is 5.97. The van der Waals surface area contributed by atoms with E-state index in [2.05, 4.69) is 5.32 Å². The van der Waals surface area contributed by atoms with Gasteiger partial charge in [-0.15, -0.1) is 0 Å². The molecule has 0 saturated carbocycles. The topological polar surface area (TPSA) is 83.1 Å². The van der Waals surface area contributed by atoms with Gasteiger partial charge in [0.1, 0.15) is 19.0 Å². The molecule has 1 aliphatic rings. The number of carbonyl (C=O) groups is 2. The summed E-state index contributed by atoms with van der Waals surface area (Å²) < 4.78 is 21.6. The number of carbonyl (C=O) groups excluding carboxylic acids is 2. The smallest absolute Gasteiger partial charge is 0.331 e. The Morgan fingerprint density at radius 2 is 1.90 bits per heavy atom. The van der Waals surface area contributed by atoms with Gasteiger partial charge < -0.3 is 24.3 Å². The van der Waals surface area contributed by atoms with Gasteiger partial charge in [0, 0.05) is 6.08 Å². The van der Waals surface area contributed by atoms with Crippen LogP contribution >= 0.6 is 0 Å². The molecule has 3 rings (SSSR count). The number of esters is 1. The van der Waals surface area contributed by atoms with E-state index in [1.807, 2.05) is 13.0 Å². The van der Waals surface area contributed by atoms with Gasteiger partial charge in [-0.1, -0.05) is 18.2 Å². The second kappa shape index (κ2) is 9.64. The maximum absolute atomic E-state index is 12.3. The summed E-state index contributed by atoms with van der Waals surface area (Å²) in [5.41, 5.74) is 1.28. The van der Waals surface area contributed by atoms with Crippen LogP contribution < -0.4 is 19.5 Å². The highest BCUT2D eigenvalue weighted by atomic mass is 16.6. The lowest BCUT2D eigenvalue weighted by molar-refractivity contribution is -0.148. The lowest BCUT2D eigenvalue weighted by Crippen LogP contribution is -2.29. The molecule has 29 heavy (non-hydrogen) atoms. The van der Waals surface area contributed by atoms with Gasteiger partial charge in [0.2, 0.25) is 0 Å². The minimum absolute atomic E-state index is 0.446. The SMILES string of the molecule is CCOc1ccccc1NC(=O)[C@H](C)OC(=O)/C=C/c1ccc2c(c1)OCCO2. The quantitative estimate of drug-likeness (QED) is 0.569. The fourth-order valence-electron chi connectivity index (χ4n) is 2.68. The minimum atomic E-state index is -0.970. The van der Waals surface area contributed by atoms with Crippen molar-refractivity contribution in [2.24, 2.45) is 0 Å². The summed E-state index contributed by atoms with van der Waals surface area (Å²) in [7, 11) is 0. The molecule has 0 unspecified atom stereocenters. The van der Waals surface area contributed by atoms with Crippen LogP contribution in [0.25, 0.3) is 6.08 Å². The molecule has 0 aromatic heterocycles. The van der Waals surface area contributed by atoms with E-state index in [-0.39, 0.29) is 0 Å². The first-order chi connectivity index (χ1) is 14.1. The lowest BCUT2D eigenvalue weighted by Gasteiger charge is -2.18. The van der Waals surface area contributed by atoms with E-state index in [0.717, 1.165) is 5.56 Å². The Kier molecular flexibility index (Phi) is 6.73. The highest BCUT2D eigenvalue weighted by Gasteiger charge is 2.18. The molecule has 0 fully saturated rings. The van der Waals surface area contributed by atoms with Crippen LogP contribution in [-0.4, -0.2) is 37.8 Å². The number of amides is 1. The standard InChI is InChI=1S/C22H23NO6/c1-3-26-18-7-5-4-6-17(18)23-22(25)15(2)29-21(24)11-9-16-8-10-19-20(14-16)28-13-12-27-19/h4-11,14-15H,3,12-13H2,1-2H3,(H,23,25)/b11-9+/t15-/m0/s1. The third-order valence-corrected chi connectivity index (χ3v) is 4.09. The van der Waals surface area contributed by atoms with Crippen LogP contribution in [-0.2, 0) is 14.3 Å². The molecular weight excluding hydrogens is 374 g/mol. The van der Waals surface area contributed by atoms with Crippen molar-refractivity contribution in [2.45, 2.75) is 20.0 Å². The van der Waals surface area contributed by atoms with E-state index in [1.165, 1.54) is 13.0 Å². The zero-order valence-electron chi connectivity index (χ0n) is 16.3. The van der Waals surface area contributed by atoms with E-state index < -0.39 is 18.0 Å². The Bertz CT molecular complexity index is 908. The van der Waals surface area contributed by atoms with Gasteiger partial charge in [-0.3, -0.25) is 4.79 Å². The van der Waals surface area contributed by atoms with Crippen LogP contribution in [0.1, 0.15) is 19.4 Å². The summed E-state index contributed by atoms with van der Waals surface area (Å²) in [5.74, 6) is 0.792. The molecule has 1 aliphatic heterocycles. The molecule has 1 N–H and O–H groups in total. The molecule has 0 saturated heterocycles. The molecule has 0 bridgehead atoms. The monoisotopic (exact) mass is 397 g/mol. The Hall–Kier alpha value is -3.48. The fraction of sp³-hybridized carbons (Fsp3) is 0.273. The van der Waals surface area contributed by atoms with Gasteiger partial charge in [0.15, 0.2) is 17.6 Å². The molecule has 0 spiro atoms. The molecule has 1 amide bonds. The summed E-state index contributed by atoms with van der Waals surface area (Å²) in [5, 5.41) is 2.71. The van der Waals surface area contributed by atoms with Gasteiger partial charge in [-0.05, 0) is 49.8 Å².